The summed E-state index contributed by atoms with van der Waals surface area (Å²) >= 11 is 12.3. The van der Waals surface area contributed by atoms with E-state index in [-0.39, 0.29) is 5.82 Å². The van der Waals surface area contributed by atoms with Crippen molar-refractivity contribution in [3.63, 3.8) is 0 Å². The Morgan fingerprint density at radius 1 is 1.20 bits per heavy atom. The van der Waals surface area contributed by atoms with Crippen molar-refractivity contribution >= 4 is 40.5 Å². The van der Waals surface area contributed by atoms with Crippen molar-refractivity contribution in [1.82, 2.24) is 30.0 Å². The van der Waals surface area contributed by atoms with Gasteiger partial charge in [0.05, 0.1) is 5.69 Å². The van der Waals surface area contributed by atoms with Crippen LogP contribution in [0.5, 0.6) is 0 Å². The first-order valence-electron chi connectivity index (χ1n) is 9.09. The molecule has 0 bridgehead atoms. The second kappa shape index (κ2) is 8.18. The van der Waals surface area contributed by atoms with Gasteiger partial charge in [-0.05, 0) is 43.2 Å². The summed E-state index contributed by atoms with van der Waals surface area (Å²) < 4.78 is 1.66. The van der Waals surface area contributed by atoms with Gasteiger partial charge < -0.3 is 10.6 Å². The average molecular weight is 442 g/mol. The number of aromatic amines is 1. The summed E-state index contributed by atoms with van der Waals surface area (Å²) in [6.45, 7) is 0.711. The molecule has 1 aromatic carbocycles. The predicted octanol–water partition coefficient (Wildman–Crippen LogP) is 3.34. The van der Waals surface area contributed by atoms with Crippen molar-refractivity contribution in [3.05, 3.63) is 51.6 Å². The number of anilines is 2. The summed E-state index contributed by atoms with van der Waals surface area (Å²) in [7, 11) is 1.95. The molecule has 11 heteroatoms. The Hall–Kier alpha value is -3.35. The maximum absolute atomic E-state index is 9.17. The van der Waals surface area contributed by atoms with Crippen LogP contribution in [-0.4, -0.2) is 43.6 Å². The molecule has 4 rings (SSSR count). The van der Waals surface area contributed by atoms with E-state index >= 15 is 0 Å². The molecule has 0 aliphatic heterocycles. The normalized spacial score (nSPS) is 11.0. The fourth-order valence-corrected chi connectivity index (χ4v) is 3.68. The average Bonchev–Trinajstić information content (AvgIpc) is 3.29. The summed E-state index contributed by atoms with van der Waals surface area (Å²) in [5, 5.41) is 30.0. The number of benzene rings is 1. The van der Waals surface area contributed by atoms with Gasteiger partial charge in [-0.25, -0.2) is 0 Å². The van der Waals surface area contributed by atoms with E-state index in [1.807, 2.05) is 24.1 Å². The number of H-pyrrole nitrogens is 1. The minimum Gasteiger partial charge on any atom is -0.381 e. The van der Waals surface area contributed by atoms with E-state index in [4.69, 9.17) is 34.2 Å². The largest absolute Gasteiger partial charge is 0.381 e. The number of hydrogen-bond acceptors (Lipinski definition) is 7. The molecule has 0 atom stereocenters. The number of nitrogens with two attached hydrogens (primary N) is 1. The smallest absolute Gasteiger partial charge is 0.185 e. The van der Waals surface area contributed by atoms with E-state index in [1.54, 1.807) is 22.7 Å². The first-order chi connectivity index (χ1) is 14.5. The van der Waals surface area contributed by atoms with E-state index in [0.717, 1.165) is 23.5 Å². The highest BCUT2D eigenvalue weighted by Crippen LogP contribution is 2.26. The quantitative estimate of drug-likeness (QED) is 0.469. The summed E-state index contributed by atoms with van der Waals surface area (Å²) in [5.41, 5.74) is 8.18. The monoisotopic (exact) mass is 441 g/mol. The van der Waals surface area contributed by atoms with Crippen LogP contribution in [0.1, 0.15) is 17.7 Å². The van der Waals surface area contributed by atoms with Gasteiger partial charge in [0, 0.05) is 29.2 Å². The molecule has 0 saturated heterocycles. The van der Waals surface area contributed by atoms with Crippen LogP contribution in [0.15, 0.2) is 30.3 Å². The molecule has 0 aliphatic rings. The van der Waals surface area contributed by atoms with E-state index in [9.17, 15) is 0 Å². The van der Waals surface area contributed by atoms with Crippen LogP contribution in [0.4, 0.5) is 11.6 Å². The zero-order valence-corrected chi connectivity index (χ0v) is 17.5. The maximum Gasteiger partial charge on any atom is 0.185 e. The van der Waals surface area contributed by atoms with Gasteiger partial charge in [0.25, 0.3) is 0 Å². The molecule has 30 heavy (non-hydrogen) atoms. The highest BCUT2D eigenvalue weighted by molar-refractivity contribution is 6.35. The van der Waals surface area contributed by atoms with E-state index < -0.39 is 0 Å². The number of fused-ring (bicyclic) bond motifs is 1. The lowest BCUT2D eigenvalue weighted by Gasteiger charge is -2.17. The Bertz CT molecular complexity index is 1230. The molecule has 9 nitrogen and oxygen atoms in total. The van der Waals surface area contributed by atoms with Crippen LogP contribution in [0.25, 0.3) is 17.0 Å². The van der Waals surface area contributed by atoms with Crippen molar-refractivity contribution in [1.29, 1.82) is 5.26 Å². The van der Waals surface area contributed by atoms with Gasteiger partial charge in [-0.15, -0.1) is 15.3 Å². The molecule has 0 radical (unpaired) electrons. The van der Waals surface area contributed by atoms with Gasteiger partial charge in [-0.2, -0.15) is 14.9 Å². The molecule has 0 saturated carbocycles. The van der Waals surface area contributed by atoms with Crippen LogP contribution >= 0.6 is 23.2 Å². The van der Waals surface area contributed by atoms with Gasteiger partial charge in [0.1, 0.15) is 17.5 Å². The van der Waals surface area contributed by atoms with Crippen LogP contribution in [0.2, 0.25) is 10.0 Å². The van der Waals surface area contributed by atoms with Crippen molar-refractivity contribution in [2.75, 3.05) is 24.2 Å². The number of nitrogens with one attached hydrogen (secondary N) is 1. The molecule has 0 unspecified atom stereocenters. The Morgan fingerprint density at radius 2 is 1.97 bits per heavy atom. The number of hydrogen-bond donors (Lipinski definition) is 2. The SMILES string of the molecule is CN(CCCc1[nH]nc(N)c1C#N)c1ccc2nnc(-c3cc(Cl)cc(Cl)c3)n2n1. The Balaban J connectivity index is 1.53. The zero-order chi connectivity index (χ0) is 21.3. The van der Waals surface area contributed by atoms with Crippen LogP contribution in [0, 0.1) is 11.3 Å². The number of nitrogens with zero attached hydrogens (tertiary/aromatic N) is 7. The van der Waals surface area contributed by atoms with E-state index in [1.165, 1.54) is 0 Å². The van der Waals surface area contributed by atoms with Crippen molar-refractivity contribution in [2.24, 2.45) is 0 Å². The molecule has 0 amide bonds. The van der Waals surface area contributed by atoms with Crippen LogP contribution in [-0.2, 0) is 6.42 Å². The maximum atomic E-state index is 9.17. The van der Waals surface area contributed by atoms with Gasteiger partial charge in [-0.1, -0.05) is 23.2 Å². The Morgan fingerprint density at radius 3 is 2.70 bits per heavy atom. The predicted molar refractivity (Wildman–Crippen MR) is 116 cm³/mol. The third kappa shape index (κ3) is 3.87. The van der Waals surface area contributed by atoms with Gasteiger partial charge in [-0.3, -0.25) is 5.10 Å². The summed E-state index contributed by atoms with van der Waals surface area (Å²) in [6.07, 6.45) is 1.43. The van der Waals surface area contributed by atoms with Crippen molar-refractivity contribution in [3.8, 4) is 17.5 Å². The van der Waals surface area contributed by atoms with Crippen molar-refractivity contribution in [2.45, 2.75) is 12.8 Å². The van der Waals surface area contributed by atoms with E-state index in [0.29, 0.717) is 40.0 Å². The van der Waals surface area contributed by atoms with Gasteiger partial charge in [0.15, 0.2) is 17.3 Å². The fourth-order valence-electron chi connectivity index (χ4n) is 3.15. The number of halogens is 2. The molecule has 0 aliphatic carbocycles. The molecule has 3 aromatic heterocycles. The molecule has 3 heterocycles. The molecule has 3 N–H and O–H groups in total. The number of aromatic nitrogens is 6. The molecular formula is C19H17Cl2N9. The first kappa shape index (κ1) is 19.9. The van der Waals surface area contributed by atoms with Gasteiger partial charge >= 0.3 is 0 Å². The fraction of sp³-hybridized carbons (Fsp3) is 0.211. The molecular weight excluding hydrogens is 425 g/mol. The zero-order valence-electron chi connectivity index (χ0n) is 16.0. The lowest BCUT2D eigenvalue weighted by Crippen LogP contribution is -2.21. The molecule has 4 aromatic rings. The highest BCUT2D eigenvalue weighted by Gasteiger charge is 2.14. The molecule has 0 fully saturated rings. The topological polar surface area (TPSA) is 125 Å². The summed E-state index contributed by atoms with van der Waals surface area (Å²) in [4.78, 5) is 2.01. The van der Waals surface area contributed by atoms with E-state index in [2.05, 4.69) is 31.6 Å². The molecule has 0 spiro atoms. The number of rotatable bonds is 6. The van der Waals surface area contributed by atoms with Gasteiger partial charge in [0.2, 0.25) is 0 Å². The number of nitrogen functional groups attached to an aromatic ring is 1. The van der Waals surface area contributed by atoms with Crippen molar-refractivity contribution < 1.29 is 0 Å². The minimum absolute atomic E-state index is 0.231. The first-order valence-corrected chi connectivity index (χ1v) is 9.84. The summed E-state index contributed by atoms with van der Waals surface area (Å²) in [6, 6.07) is 11.0. The third-order valence-electron chi connectivity index (χ3n) is 4.66. The second-order valence-electron chi connectivity index (χ2n) is 6.74. The van der Waals surface area contributed by atoms with Crippen LogP contribution < -0.4 is 10.6 Å². The second-order valence-corrected chi connectivity index (χ2v) is 7.62. The number of nitriles is 1. The summed E-state index contributed by atoms with van der Waals surface area (Å²) in [5.74, 6) is 1.53. The standard InChI is InChI=1S/C19H17Cl2N9/c1-29(6-2-3-15-14(10-22)18(23)26-24-15)17-5-4-16-25-27-19(30(16)28-17)11-7-12(20)9-13(21)8-11/h4-5,7-9H,2-3,6H2,1H3,(H3,23,24,26). The highest BCUT2D eigenvalue weighted by atomic mass is 35.5. The lowest BCUT2D eigenvalue weighted by molar-refractivity contribution is 0.749. The molecule has 152 valence electrons. The third-order valence-corrected chi connectivity index (χ3v) is 5.10. The lowest BCUT2D eigenvalue weighted by atomic mass is 10.1. The Labute approximate surface area is 182 Å². The van der Waals surface area contributed by atoms with Crippen LogP contribution in [0.3, 0.4) is 0 Å². The minimum atomic E-state index is 0.231. The Kier molecular flexibility index (Phi) is 5.44. The number of aryl methyl sites for hydroxylation is 1.